The smallest absolute Gasteiger partial charge is 0.176 e. The summed E-state index contributed by atoms with van der Waals surface area (Å²) in [5, 5.41) is 9.19. The monoisotopic (exact) mass is 293 g/mol. The standard InChI is InChI=1S/C17H27NO3/c1-4-15(5-2)18(11-12-19)13-17(20)14-7-9-16(10-8-14)21-6-3/h7-10,15,19H,4-6,11-13H2,1-3H3. The Bertz CT molecular complexity index is 413. The van der Waals surface area contributed by atoms with E-state index in [4.69, 9.17) is 4.74 Å². The maximum Gasteiger partial charge on any atom is 0.176 e. The summed E-state index contributed by atoms with van der Waals surface area (Å²) >= 11 is 0. The summed E-state index contributed by atoms with van der Waals surface area (Å²) in [6, 6.07) is 7.59. The number of Topliss-reactive ketones (excluding diaryl/α,β-unsaturated/α-hetero) is 1. The number of ether oxygens (including phenoxy) is 1. The molecular formula is C17H27NO3. The first-order chi connectivity index (χ1) is 10.2. The van der Waals surface area contributed by atoms with Crippen molar-refractivity contribution in [3.63, 3.8) is 0 Å². The van der Waals surface area contributed by atoms with Crippen LogP contribution in [0, 0.1) is 0 Å². The maximum atomic E-state index is 12.4. The number of aliphatic hydroxyl groups excluding tert-OH is 1. The van der Waals surface area contributed by atoms with E-state index in [0.717, 1.165) is 18.6 Å². The molecule has 21 heavy (non-hydrogen) atoms. The molecule has 0 aliphatic carbocycles. The minimum absolute atomic E-state index is 0.0764. The lowest BCUT2D eigenvalue weighted by Crippen LogP contribution is -2.40. The van der Waals surface area contributed by atoms with Gasteiger partial charge in [0.1, 0.15) is 5.75 Å². The van der Waals surface area contributed by atoms with Crippen molar-refractivity contribution < 1.29 is 14.6 Å². The fraction of sp³-hybridized carbons (Fsp3) is 0.588. The minimum Gasteiger partial charge on any atom is -0.494 e. The molecule has 118 valence electrons. The molecule has 4 nitrogen and oxygen atoms in total. The SMILES string of the molecule is CCOc1ccc(C(=O)CN(CCO)C(CC)CC)cc1. The van der Waals surface area contributed by atoms with Crippen LogP contribution in [0.4, 0.5) is 0 Å². The van der Waals surface area contributed by atoms with Crippen molar-refractivity contribution in [2.75, 3.05) is 26.3 Å². The second-order valence-electron chi connectivity index (χ2n) is 5.04. The van der Waals surface area contributed by atoms with Gasteiger partial charge in [0.15, 0.2) is 5.78 Å². The van der Waals surface area contributed by atoms with Crippen molar-refractivity contribution in [3.8, 4) is 5.75 Å². The van der Waals surface area contributed by atoms with Gasteiger partial charge >= 0.3 is 0 Å². The molecule has 0 bridgehead atoms. The fourth-order valence-corrected chi connectivity index (χ4v) is 2.50. The lowest BCUT2D eigenvalue weighted by Gasteiger charge is -2.29. The third kappa shape index (κ3) is 5.48. The number of aliphatic hydroxyl groups is 1. The number of carbonyl (C=O) groups excluding carboxylic acids is 1. The van der Waals surface area contributed by atoms with Crippen LogP contribution in [-0.2, 0) is 0 Å². The minimum atomic E-state index is 0.0764. The Morgan fingerprint density at radius 1 is 1.19 bits per heavy atom. The summed E-state index contributed by atoms with van der Waals surface area (Å²) in [5.41, 5.74) is 0.687. The molecule has 1 aromatic carbocycles. The van der Waals surface area contributed by atoms with E-state index < -0.39 is 0 Å². The topological polar surface area (TPSA) is 49.8 Å². The number of carbonyl (C=O) groups is 1. The number of ketones is 1. The van der Waals surface area contributed by atoms with Gasteiger partial charge < -0.3 is 9.84 Å². The van der Waals surface area contributed by atoms with E-state index in [2.05, 4.69) is 18.7 Å². The van der Waals surface area contributed by atoms with Gasteiger partial charge in [-0.15, -0.1) is 0 Å². The van der Waals surface area contributed by atoms with Crippen molar-refractivity contribution in [2.45, 2.75) is 39.7 Å². The van der Waals surface area contributed by atoms with Crippen LogP contribution in [0.3, 0.4) is 0 Å². The number of rotatable bonds is 10. The third-order valence-electron chi connectivity index (χ3n) is 3.68. The molecule has 0 spiro atoms. The van der Waals surface area contributed by atoms with Crippen LogP contribution >= 0.6 is 0 Å². The van der Waals surface area contributed by atoms with Crippen molar-refractivity contribution in [1.82, 2.24) is 4.90 Å². The van der Waals surface area contributed by atoms with Gasteiger partial charge in [-0.05, 0) is 44.0 Å². The lowest BCUT2D eigenvalue weighted by molar-refractivity contribution is 0.0850. The summed E-state index contributed by atoms with van der Waals surface area (Å²) in [4.78, 5) is 14.4. The summed E-state index contributed by atoms with van der Waals surface area (Å²) in [5.74, 6) is 0.861. The largest absolute Gasteiger partial charge is 0.494 e. The molecule has 0 saturated heterocycles. The van der Waals surface area contributed by atoms with Crippen LogP contribution < -0.4 is 4.74 Å². The Morgan fingerprint density at radius 2 is 1.81 bits per heavy atom. The molecule has 0 aromatic heterocycles. The lowest BCUT2D eigenvalue weighted by atomic mass is 10.1. The van der Waals surface area contributed by atoms with E-state index in [1.807, 2.05) is 19.1 Å². The molecule has 0 atom stereocenters. The van der Waals surface area contributed by atoms with Crippen molar-refractivity contribution in [1.29, 1.82) is 0 Å². The molecule has 4 heteroatoms. The van der Waals surface area contributed by atoms with Crippen LogP contribution in [0.1, 0.15) is 44.0 Å². The highest BCUT2D eigenvalue weighted by molar-refractivity contribution is 5.97. The molecule has 1 rings (SSSR count). The summed E-state index contributed by atoms with van der Waals surface area (Å²) in [6.45, 7) is 7.73. The highest BCUT2D eigenvalue weighted by Gasteiger charge is 2.18. The highest BCUT2D eigenvalue weighted by Crippen LogP contribution is 2.14. The molecule has 0 unspecified atom stereocenters. The van der Waals surface area contributed by atoms with Crippen LogP contribution in [0.15, 0.2) is 24.3 Å². The van der Waals surface area contributed by atoms with Crippen LogP contribution in [0.2, 0.25) is 0 Å². The van der Waals surface area contributed by atoms with Crippen LogP contribution in [0.25, 0.3) is 0 Å². The van der Waals surface area contributed by atoms with E-state index in [0.29, 0.717) is 31.3 Å². The molecule has 0 amide bonds. The van der Waals surface area contributed by atoms with E-state index in [1.54, 1.807) is 12.1 Å². The van der Waals surface area contributed by atoms with Gasteiger partial charge in [-0.1, -0.05) is 13.8 Å². The van der Waals surface area contributed by atoms with Crippen LogP contribution in [-0.4, -0.2) is 48.1 Å². The van der Waals surface area contributed by atoms with Gasteiger partial charge in [-0.3, -0.25) is 9.69 Å². The first-order valence-corrected chi connectivity index (χ1v) is 7.77. The zero-order chi connectivity index (χ0) is 15.7. The average Bonchev–Trinajstić information content (AvgIpc) is 2.49. The Kier molecular flexibility index (Phi) is 8.01. The third-order valence-corrected chi connectivity index (χ3v) is 3.68. The fourth-order valence-electron chi connectivity index (χ4n) is 2.50. The van der Waals surface area contributed by atoms with Gasteiger partial charge in [-0.2, -0.15) is 0 Å². The van der Waals surface area contributed by atoms with E-state index in [1.165, 1.54) is 0 Å². The molecule has 1 aromatic rings. The van der Waals surface area contributed by atoms with E-state index in [-0.39, 0.29) is 12.4 Å². The van der Waals surface area contributed by atoms with E-state index >= 15 is 0 Å². The molecule has 0 aliphatic heterocycles. The molecular weight excluding hydrogens is 266 g/mol. The summed E-state index contributed by atoms with van der Waals surface area (Å²) in [7, 11) is 0. The number of benzene rings is 1. The molecule has 0 saturated carbocycles. The van der Waals surface area contributed by atoms with E-state index in [9.17, 15) is 9.90 Å². The van der Waals surface area contributed by atoms with Crippen molar-refractivity contribution >= 4 is 5.78 Å². The van der Waals surface area contributed by atoms with Crippen LogP contribution in [0.5, 0.6) is 5.75 Å². The predicted octanol–water partition coefficient (Wildman–Crippen LogP) is 2.75. The Labute approximate surface area is 127 Å². The molecule has 0 radical (unpaired) electrons. The predicted molar refractivity (Wildman–Crippen MR) is 85.0 cm³/mol. The van der Waals surface area contributed by atoms with Gasteiger partial charge in [-0.25, -0.2) is 0 Å². The van der Waals surface area contributed by atoms with Gasteiger partial charge in [0.2, 0.25) is 0 Å². The summed E-state index contributed by atoms with van der Waals surface area (Å²) < 4.78 is 5.38. The number of hydrogen-bond acceptors (Lipinski definition) is 4. The second-order valence-corrected chi connectivity index (χ2v) is 5.04. The molecule has 1 N–H and O–H groups in total. The zero-order valence-electron chi connectivity index (χ0n) is 13.3. The highest BCUT2D eigenvalue weighted by atomic mass is 16.5. The van der Waals surface area contributed by atoms with Crippen molar-refractivity contribution in [2.24, 2.45) is 0 Å². The van der Waals surface area contributed by atoms with Gasteiger partial charge in [0.05, 0.1) is 19.8 Å². The Balaban J connectivity index is 2.71. The molecule has 0 heterocycles. The Hall–Kier alpha value is -1.39. The average molecular weight is 293 g/mol. The second kappa shape index (κ2) is 9.53. The normalized spacial score (nSPS) is 11.1. The maximum absolute atomic E-state index is 12.4. The molecule has 0 fully saturated rings. The van der Waals surface area contributed by atoms with Gasteiger partial charge in [0, 0.05) is 18.2 Å². The first kappa shape index (κ1) is 17.7. The summed E-state index contributed by atoms with van der Waals surface area (Å²) in [6.07, 6.45) is 1.96. The molecule has 0 aliphatic rings. The number of nitrogens with zero attached hydrogens (tertiary/aromatic N) is 1. The van der Waals surface area contributed by atoms with Gasteiger partial charge in [0.25, 0.3) is 0 Å². The quantitative estimate of drug-likeness (QED) is 0.674. The van der Waals surface area contributed by atoms with Crippen molar-refractivity contribution in [3.05, 3.63) is 29.8 Å². The first-order valence-electron chi connectivity index (χ1n) is 7.77. The zero-order valence-corrected chi connectivity index (χ0v) is 13.3. The Morgan fingerprint density at radius 3 is 2.29 bits per heavy atom. The number of hydrogen-bond donors (Lipinski definition) is 1.